The highest BCUT2D eigenvalue weighted by molar-refractivity contribution is 5.98. The molecule has 2 aromatic rings. The van der Waals surface area contributed by atoms with Gasteiger partial charge in [-0.05, 0) is 69.6 Å². The molecule has 2 aliphatic heterocycles. The fraction of sp³-hybridized carbons (Fsp3) is 0.688. The van der Waals surface area contributed by atoms with E-state index >= 15 is 0 Å². The molecule has 0 spiro atoms. The lowest BCUT2D eigenvalue weighted by Crippen LogP contribution is -2.45. The Morgan fingerprint density at radius 3 is 2.51 bits per heavy atom. The summed E-state index contributed by atoms with van der Waals surface area (Å²) in [5.74, 6) is 0.602. The van der Waals surface area contributed by atoms with Crippen molar-refractivity contribution in [2.45, 2.75) is 77.6 Å². The van der Waals surface area contributed by atoms with E-state index in [-0.39, 0.29) is 42.0 Å². The van der Waals surface area contributed by atoms with E-state index in [1.54, 1.807) is 7.11 Å². The minimum atomic E-state index is -0.182. The molecule has 1 aromatic heterocycles. The van der Waals surface area contributed by atoms with E-state index in [1.807, 2.05) is 15.9 Å². The second-order valence-electron chi connectivity index (χ2n) is 12.4. The van der Waals surface area contributed by atoms with Crippen LogP contribution >= 0.6 is 0 Å². The maximum atomic E-state index is 14.0. The van der Waals surface area contributed by atoms with E-state index in [2.05, 4.69) is 49.0 Å². The van der Waals surface area contributed by atoms with E-state index in [9.17, 15) is 9.59 Å². The number of fused-ring (bicyclic) bond motifs is 1. The Balaban J connectivity index is 1.27. The predicted molar refractivity (Wildman–Crippen MR) is 159 cm³/mol. The maximum Gasteiger partial charge on any atom is 0.410 e. The zero-order chi connectivity index (χ0) is 28.9. The van der Waals surface area contributed by atoms with Crippen LogP contribution in [0.4, 0.5) is 4.79 Å². The molecule has 1 N–H and O–H groups in total. The zero-order valence-electron chi connectivity index (χ0n) is 25.3. The quantitative estimate of drug-likeness (QED) is 0.381. The highest BCUT2D eigenvalue weighted by Crippen LogP contribution is 2.32. The number of aromatic nitrogens is 1. The Labute approximate surface area is 244 Å². The van der Waals surface area contributed by atoms with Gasteiger partial charge in [0.2, 0.25) is 0 Å². The number of carbonyl (C=O) groups excluding carboxylic acids is 2. The van der Waals surface area contributed by atoms with Crippen molar-refractivity contribution in [2.75, 3.05) is 53.1 Å². The molecule has 2 saturated heterocycles. The molecule has 2 atom stereocenters. The Kier molecular flexibility index (Phi) is 9.88. The van der Waals surface area contributed by atoms with Gasteiger partial charge in [-0.3, -0.25) is 4.79 Å². The number of amides is 2. The Hall–Kier alpha value is -2.62. The van der Waals surface area contributed by atoms with Crippen LogP contribution in [0.1, 0.15) is 61.9 Å². The van der Waals surface area contributed by atoms with Crippen molar-refractivity contribution >= 4 is 22.9 Å². The molecule has 226 valence electrons. The van der Waals surface area contributed by atoms with Crippen LogP contribution in [0, 0.1) is 18.8 Å². The highest BCUT2D eigenvalue weighted by Gasteiger charge is 2.40. The van der Waals surface area contributed by atoms with Crippen LogP contribution in [0.25, 0.3) is 10.9 Å². The van der Waals surface area contributed by atoms with Gasteiger partial charge in [-0.25, -0.2) is 4.79 Å². The fourth-order valence-electron chi connectivity index (χ4n) is 6.35. The average molecular weight is 569 g/mol. The second-order valence-corrected chi connectivity index (χ2v) is 12.4. The van der Waals surface area contributed by atoms with Crippen molar-refractivity contribution in [3.8, 4) is 0 Å². The number of aryl methyl sites for hydroxylation is 2. The Bertz CT molecular complexity index is 1190. The molecule has 41 heavy (non-hydrogen) atoms. The lowest BCUT2D eigenvalue weighted by molar-refractivity contribution is -0.0128. The van der Waals surface area contributed by atoms with E-state index in [4.69, 9.17) is 14.2 Å². The van der Waals surface area contributed by atoms with Gasteiger partial charge in [-0.2, -0.15) is 0 Å². The van der Waals surface area contributed by atoms with Gasteiger partial charge in [-0.15, -0.1) is 0 Å². The molecule has 1 saturated carbocycles. The van der Waals surface area contributed by atoms with Crippen LogP contribution in [-0.2, 0) is 20.8 Å². The molecular formula is C32H48N4O5. The predicted octanol–water partition coefficient (Wildman–Crippen LogP) is 4.45. The van der Waals surface area contributed by atoms with Crippen LogP contribution in [0.5, 0.6) is 0 Å². The van der Waals surface area contributed by atoms with Gasteiger partial charge in [0, 0.05) is 94.0 Å². The summed E-state index contributed by atoms with van der Waals surface area (Å²) in [6, 6.07) is 6.45. The van der Waals surface area contributed by atoms with Gasteiger partial charge in [0.1, 0.15) is 6.10 Å². The number of benzene rings is 1. The van der Waals surface area contributed by atoms with Gasteiger partial charge in [0.15, 0.2) is 0 Å². The van der Waals surface area contributed by atoms with E-state index in [0.717, 1.165) is 62.8 Å². The number of carbonyl (C=O) groups is 2. The van der Waals surface area contributed by atoms with Crippen LogP contribution in [0.3, 0.4) is 0 Å². The standard InChI is InChI=1S/C32H48N4O5/c1-22(2)35(31(37)24-6-9-29-23(3)19-34(30(29)16-24)12-5-13-39-4)20-25-17-33-18-26(25)21-36(27-7-8-27)32(38)41-28-10-14-40-15-11-28/h6,9,16,19,22,25-28,33H,5,7-8,10-15,17-18,20-21H2,1-4H3/t25-,26-/m0/s1. The van der Waals surface area contributed by atoms with Crippen molar-refractivity contribution < 1.29 is 23.8 Å². The normalized spacial score (nSPS) is 21.5. The van der Waals surface area contributed by atoms with Crippen LogP contribution in [0.15, 0.2) is 24.4 Å². The molecule has 5 rings (SSSR count). The summed E-state index contributed by atoms with van der Waals surface area (Å²) < 4.78 is 18.8. The van der Waals surface area contributed by atoms with Crippen molar-refractivity contribution in [3.05, 3.63) is 35.5 Å². The van der Waals surface area contributed by atoms with E-state index in [0.29, 0.717) is 32.9 Å². The summed E-state index contributed by atoms with van der Waals surface area (Å²) in [6.45, 7) is 12.2. The van der Waals surface area contributed by atoms with E-state index in [1.165, 1.54) is 10.9 Å². The molecule has 3 aliphatic rings. The zero-order valence-corrected chi connectivity index (χ0v) is 25.3. The summed E-state index contributed by atoms with van der Waals surface area (Å²) >= 11 is 0. The van der Waals surface area contributed by atoms with Gasteiger partial charge < -0.3 is 33.9 Å². The summed E-state index contributed by atoms with van der Waals surface area (Å²) in [5, 5.41) is 4.73. The van der Waals surface area contributed by atoms with Crippen LogP contribution in [0.2, 0.25) is 0 Å². The largest absolute Gasteiger partial charge is 0.446 e. The van der Waals surface area contributed by atoms with Gasteiger partial charge in [0.25, 0.3) is 5.91 Å². The summed E-state index contributed by atoms with van der Waals surface area (Å²) in [7, 11) is 1.73. The van der Waals surface area contributed by atoms with Crippen molar-refractivity contribution in [2.24, 2.45) is 11.8 Å². The first-order valence-electron chi connectivity index (χ1n) is 15.5. The topological polar surface area (TPSA) is 85.3 Å². The number of nitrogens with one attached hydrogen (secondary N) is 1. The summed E-state index contributed by atoms with van der Waals surface area (Å²) in [6.07, 6.45) is 6.48. The fourth-order valence-corrected chi connectivity index (χ4v) is 6.35. The minimum absolute atomic E-state index is 0.0498. The van der Waals surface area contributed by atoms with Gasteiger partial charge >= 0.3 is 6.09 Å². The number of ether oxygens (including phenoxy) is 3. The number of methoxy groups -OCH3 is 1. The van der Waals surface area contributed by atoms with Crippen LogP contribution < -0.4 is 5.32 Å². The van der Waals surface area contributed by atoms with Gasteiger partial charge in [0.05, 0.1) is 13.2 Å². The van der Waals surface area contributed by atoms with Crippen molar-refractivity contribution in [1.29, 1.82) is 0 Å². The van der Waals surface area contributed by atoms with Crippen molar-refractivity contribution in [1.82, 2.24) is 19.7 Å². The third-order valence-electron chi connectivity index (χ3n) is 8.96. The first-order chi connectivity index (χ1) is 19.9. The van der Waals surface area contributed by atoms with E-state index < -0.39 is 0 Å². The second kappa shape index (κ2) is 13.6. The van der Waals surface area contributed by atoms with Crippen molar-refractivity contribution in [3.63, 3.8) is 0 Å². The molecule has 3 fully saturated rings. The molecule has 0 unspecified atom stereocenters. The lowest BCUT2D eigenvalue weighted by Gasteiger charge is -2.34. The highest BCUT2D eigenvalue weighted by atomic mass is 16.6. The number of rotatable bonds is 12. The van der Waals surface area contributed by atoms with Crippen LogP contribution in [-0.4, -0.2) is 97.7 Å². The summed E-state index contributed by atoms with van der Waals surface area (Å²) in [5.41, 5.74) is 3.03. The molecule has 0 radical (unpaired) electrons. The smallest absolute Gasteiger partial charge is 0.410 e. The number of hydrogen-bond donors (Lipinski definition) is 1. The molecule has 0 bridgehead atoms. The molecule has 2 amide bonds. The SMILES string of the molecule is COCCCn1cc(C)c2ccc(C(=O)N(C[C@@H]3CNC[C@H]3CN(C(=O)OC3CCOCC3)C3CC3)C(C)C)cc21. The monoisotopic (exact) mass is 568 g/mol. The lowest BCUT2D eigenvalue weighted by atomic mass is 9.94. The first-order valence-corrected chi connectivity index (χ1v) is 15.5. The third kappa shape index (κ3) is 7.24. The summed E-state index contributed by atoms with van der Waals surface area (Å²) in [4.78, 5) is 31.1. The number of hydrogen-bond acceptors (Lipinski definition) is 6. The Morgan fingerprint density at radius 2 is 1.83 bits per heavy atom. The van der Waals surface area contributed by atoms with Gasteiger partial charge in [-0.1, -0.05) is 6.07 Å². The molecule has 3 heterocycles. The average Bonchev–Trinajstić information content (AvgIpc) is 3.63. The molecule has 9 nitrogen and oxygen atoms in total. The molecular weight excluding hydrogens is 520 g/mol. The third-order valence-corrected chi connectivity index (χ3v) is 8.96. The Morgan fingerprint density at radius 1 is 1.10 bits per heavy atom. The minimum Gasteiger partial charge on any atom is -0.446 e. The first kappa shape index (κ1) is 29.9. The molecule has 9 heteroatoms. The maximum absolute atomic E-state index is 14.0. The molecule has 1 aromatic carbocycles. The number of nitrogens with zero attached hydrogens (tertiary/aromatic N) is 3. The molecule has 1 aliphatic carbocycles.